The van der Waals surface area contributed by atoms with Gasteiger partial charge in [-0.3, -0.25) is 4.79 Å². The maximum Gasteiger partial charge on any atom is 0.246 e. The molecule has 7 heteroatoms. The summed E-state index contributed by atoms with van der Waals surface area (Å²) in [4.78, 5) is 16.2. The average Bonchev–Trinajstić information content (AvgIpc) is 3.12. The van der Waals surface area contributed by atoms with E-state index in [1.165, 1.54) is 6.07 Å². The smallest absolute Gasteiger partial charge is 0.246 e. The van der Waals surface area contributed by atoms with E-state index in [1.807, 2.05) is 31.2 Å². The predicted octanol–water partition coefficient (Wildman–Crippen LogP) is 3.13. The van der Waals surface area contributed by atoms with Gasteiger partial charge in [0, 0.05) is 5.56 Å². The summed E-state index contributed by atoms with van der Waals surface area (Å²) in [5.41, 5.74) is 1.12. The molecule has 0 atom stereocenters. The number of nitrogens with one attached hydrogen (secondary N) is 1. The molecule has 0 spiro atoms. The van der Waals surface area contributed by atoms with Gasteiger partial charge in [-0.2, -0.15) is 4.98 Å². The topological polar surface area (TPSA) is 77.3 Å². The van der Waals surface area contributed by atoms with Crippen LogP contribution >= 0.6 is 0 Å². The molecule has 0 aliphatic heterocycles. The second-order valence-electron chi connectivity index (χ2n) is 5.51. The molecule has 0 saturated heterocycles. The molecule has 2 aromatic carbocycles. The van der Waals surface area contributed by atoms with Gasteiger partial charge in [-0.15, -0.1) is 0 Å². The second kappa shape index (κ2) is 8.24. The molecular weight excluding hydrogens is 337 g/mol. The fourth-order valence-corrected chi connectivity index (χ4v) is 2.36. The lowest BCUT2D eigenvalue weighted by Gasteiger charge is -2.03. The number of rotatable bonds is 7. The number of nitrogens with zero attached hydrogens (tertiary/aromatic N) is 2. The van der Waals surface area contributed by atoms with Gasteiger partial charge in [-0.1, -0.05) is 23.4 Å². The van der Waals surface area contributed by atoms with Crippen LogP contribution in [-0.4, -0.2) is 22.7 Å². The molecule has 26 heavy (non-hydrogen) atoms. The maximum atomic E-state index is 13.6. The van der Waals surface area contributed by atoms with Gasteiger partial charge in [0.2, 0.25) is 17.6 Å². The van der Waals surface area contributed by atoms with Crippen LogP contribution in [0.3, 0.4) is 0 Å². The van der Waals surface area contributed by atoms with Crippen LogP contribution < -0.4 is 10.1 Å². The number of carbonyl (C=O) groups is 1. The highest BCUT2D eigenvalue weighted by Gasteiger charge is 2.11. The number of ether oxygens (including phenoxy) is 1. The molecule has 0 aliphatic rings. The molecule has 0 bridgehead atoms. The zero-order valence-electron chi connectivity index (χ0n) is 14.2. The zero-order chi connectivity index (χ0) is 18.4. The Kier molecular flexibility index (Phi) is 5.58. The van der Waals surface area contributed by atoms with Gasteiger partial charge in [0.25, 0.3) is 0 Å². The van der Waals surface area contributed by atoms with Gasteiger partial charge in [-0.05, 0) is 42.8 Å². The van der Waals surface area contributed by atoms with E-state index in [0.717, 1.165) is 11.3 Å². The summed E-state index contributed by atoms with van der Waals surface area (Å²) in [7, 11) is 0. The molecule has 0 aliphatic carbocycles. The van der Waals surface area contributed by atoms with Gasteiger partial charge in [-0.25, -0.2) is 4.39 Å². The summed E-state index contributed by atoms with van der Waals surface area (Å²) in [5.74, 6) is 0.733. The lowest BCUT2D eigenvalue weighted by atomic mass is 10.1. The molecule has 134 valence electrons. The highest BCUT2D eigenvalue weighted by atomic mass is 19.1. The largest absolute Gasteiger partial charge is 0.494 e. The summed E-state index contributed by atoms with van der Waals surface area (Å²) in [6, 6.07) is 13.5. The van der Waals surface area contributed by atoms with E-state index < -0.39 is 5.82 Å². The molecule has 3 rings (SSSR count). The van der Waals surface area contributed by atoms with Gasteiger partial charge in [0.05, 0.1) is 19.6 Å². The predicted molar refractivity (Wildman–Crippen MR) is 92.9 cm³/mol. The molecule has 1 aromatic heterocycles. The quantitative estimate of drug-likeness (QED) is 0.704. The molecular formula is C19H18FN3O3. The lowest BCUT2D eigenvalue weighted by molar-refractivity contribution is -0.120. The summed E-state index contributed by atoms with van der Waals surface area (Å²) >= 11 is 0. The van der Waals surface area contributed by atoms with Crippen LogP contribution in [0.4, 0.5) is 4.39 Å². The van der Waals surface area contributed by atoms with Crippen LogP contribution in [0.5, 0.6) is 5.75 Å². The van der Waals surface area contributed by atoms with Gasteiger partial charge < -0.3 is 14.6 Å². The Balaban J connectivity index is 1.56. The molecule has 1 heterocycles. The normalized spacial score (nSPS) is 10.5. The fraction of sp³-hybridized carbons (Fsp3) is 0.211. The molecule has 1 N–H and O–H groups in total. The molecule has 0 unspecified atom stereocenters. The SMILES string of the molecule is CCOc1ccc(-c2noc(CNC(=O)Cc3ccccc3F)n2)cc1. The highest BCUT2D eigenvalue weighted by molar-refractivity contribution is 5.78. The van der Waals surface area contributed by atoms with E-state index in [4.69, 9.17) is 9.26 Å². The molecule has 1 amide bonds. The van der Waals surface area contributed by atoms with Crippen LogP contribution in [0.1, 0.15) is 18.4 Å². The number of hydrogen-bond donors (Lipinski definition) is 1. The summed E-state index contributed by atoms with van der Waals surface area (Å²) < 4.78 is 24.1. The standard InChI is InChI=1S/C19H18FN3O3/c1-2-25-15-9-7-13(8-10-15)19-22-18(26-23-19)12-21-17(24)11-14-5-3-4-6-16(14)20/h3-10H,2,11-12H2,1H3,(H,21,24). The van der Waals surface area contributed by atoms with Crippen LogP contribution in [0, 0.1) is 5.82 Å². The number of halogens is 1. The minimum atomic E-state index is -0.404. The maximum absolute atomic E-state index is 13.6. The Labute approximate surface area is 150 Å². The van der Waals surface area contributed by atoms with Crippen molar-refractivity contribution in [3.63, 3.8) is 0 Å². The summed E-state index contributed by atoms with van der Waals surface area (Å²) in [6.45, 7) is 2.59. The number of benzene rings is 2. The second-order valence-corrected chi connectivity index (χ2v) is 5.51. The molecule has 0 radical (unpaired) electrons. The van der Waals surface area contributed by atoms with E-state index >= 15 is 0 Å². The Hall–Kier alpha value is -3.22. The minimum absolute atomic E-state index is 0.0490. The van der Waals surface area contributed by atoms with Crippen LogP contribution in [0.2, 0.25) is 0 Å². The van der Waals surface area contributed by atoms with Crippen molar-refractivity contribution in [2.24, 2.45) is 0 Å². The zero-order valence-corrected chi connectivity index (χ0v) is 14.2. The van der Waals surface area contributed by atoms with Crippen LogP contribution in [0.15, 0.2) is 53.1 Å². The Morgan fingerprint density at radius 3 is 2.69 bits per heavy atom. The van der Waals surface area contributed by atoms with E-state index in [2.05, 4.69) is 15.5 Å². The van der Waals surface area contributed by atoms with Crippen molar-refractivity contribution >= 4 is 5.91 Å². The Morgan fingerprint density at radius 1 is 1.19 bits per heavy atom. The first-order valence-electron chi connectivity index (χ1n) is 8.21. The van der Waals surface area contributed by atoms with Crippen molar-refractivity contribution in [2.75, 3.05) is 6.61 Å². The first-order valence-corrected chi connectivity index (χ1v) is 8.21. The van der Waals surface area contributed by atoms with Crippen molar-refractivity contribution in [3.8, 4) is 17.1 Å². The van der Waals surface area contributed by atoms with Crippen molar-refractivity contribution in [2.45, 2.75) is 19.9 Å². The monoisotopic (exact) mass is 355 g/mol. The number of carbonyl (C=O) groups excluding carboxylic acids is 1. The summed E-state index contributed by atoms with van der Waals surface area (Å²) in [6.07, 6.45) is -0.0490. The number of hydrogen-bond acceptors (Lipinski definition) is 5. The third kappa shape index (κ3) is 4.44. The van der Waals surface area contributed by atoms with E-state index in [0.29, 0.717) is 18.0 Å². The number of aromatic nitrogens is 2. The minimum Gasteiger partial charge on any atom is -0.494 e. The summed E-state index contributed by atoms with van der Waals surface area (Å²) in [5, 5.41) is 6.54. The first-order chi connectivity index (χ1) is 12.7. The van der Waals surface area contributed by atoms with Gasteiger partial charge in [0.15, 0.2) is 0 Å². The van der Waals surface area contributed by atoms with Crippen molar-refractivity contribution < 1.29 is 18.4 Å². The van der Waals surface area contributed by atoms with Crippen molar-refractivity contribution in [1.82, 2.24) is 15.5 Å². The molecule has 6 nitrogen and oxygen atoms in total. The van der Waals surface area contributed by atoms with E-state index in [1.54, 1.807) is 18.2 Å². The van der Waals surface area contributed by atoms with Crippen LogP contribution in [0.25, 0.3) is 11.4 Å². The third-order valence-electron chi connectivity index (χ3n) is 3.64. The first kappa shape index (κ1) is 17.6. The van der Waals surface area contributed by atoms with Gasteiger partial charge >= 0.3 is 0 Å². The van der Waals surface area contributed by atoms with Gasteiger partial charge in [0.1, 0.15) is 11.6 Å². The van der Waals surface area contributed by atoms with Crippen molar-refractivity contribution in [3.05, 3.63) is 65.8 Å². The molecule has 3 aromatic rings. The highest BCUT2D eigenvalue weighted by Crippen LogP contribution is 2.20. The number of amides is 1. The van der Waals surface area contributed by atoms with Crippen molar-refractivity contribution in [1.29, 1.82) is 0 Å². The van der Waals surface area contributed by atoms with E-state index in [-0.39, 0.29) is 24.8 Å². The lowest BCUT2D eigenvalue weighted by Crippen LogP contribution is -2.25. The van der Waals surface area contributed by atoms with Crippen LogP contribution in [-0.2, 0) is 17.8 Å². The average molecular weight is 355 g/mol. The fourth-order valence-electron chi connectivity index (χ4n) is 2.36. The third-order valence-corrected chi connectivity index (χ3v) is 3.64. The Bertz CT molecular complexity index is 878. The van der Waals surface area contributed by atoms with E-state index in [9.17, 15) is 9.18 Å². The Morgan fingerprint density at radius 2 is 1.96 bits per heavy atom. The molecule has 0 saturated carbocycles. The molecule has 0 fully saturated rings.